The van der Waals surface area contributed by atoms with Gasteiger partial charge in [0.05, 0.1) is 18.4 Å². The first-order chi connectivity index (χ1) is 10.2. The molecule has 21 heavy (non-hydrogen) atoms. The van der Waals surface area contributed by atoms with E-state index >= 15 is 0 Å². The molecule has 0 spiro atoms. The zero-order valence-corrected chi connectivity index (χ0v) is 12.9. The van der Waals surface area contributed by atoms with Crippen LogP contribution in [0.1, 0.15) is 25.7 Å². The number of methoxy groups -OCH3 is 1. The van der Waals surface area contributed by atoms with Crippen molar-refractivity contribution in [3.05, 3.63) is 24.3 Å². The van der Waals surface area contributed by atoms with Gasteiger partial charge < -0.3 is 14.7 Å². The van der Waals surface area contributed by atoms with Gasteiger partial charge in [0.25, 0.3) is 0 Å². The van der Waals surface area contributed by atoms with E-state index in [9.17, 15) is 5.11 Å². The van der Waals surface area contributed by atoms with E-state index in [0.717, 1.165) is 51.3 Å². The Balaban J connectivity index is 1.57. The largest absolute Gasteiger partial charge is 0.495 e. The molecule has 1 heterocycles. The predicted octanol–water partition coefficient (Wildman–Crippen LogP) is 2.12. The lowest BCUT2D eigenvalue weighted by Gasteiger charge is -2.39. The summed E-state index contributed by atoms with van der Waals surface area (Å²) in [6, 6.07) is 8.21. The minimum absolute atomic E-state index is 0.424. The van der Waals surface area contributed by atoms with Crippen LogP contribution in [0, 0.1) is 0 Å². The molecule has 0 radical (unpaired) electrons. The molecule has 0 amide bonds. The minimum Gasteiger partial charge on any atom is -0.495 e. The molecule has 1 aromatic rings. The smallest absolute Gasteiger partial charge is 0.142 e. The number of rotatable bonds is 4. The lowest BCUT2D eigenvalue weighted by molar-refractivity contribution is 0.00800. The van der Waals surface area contributed by atoms with Crippen LogP contribution >= 0.6 is 0 Å². The molecule has 1 aliphatic carbocycles. The van der Waals surface area contributed by atoms with Gasteiger partial charge in [0.2, 0.25) is 0 Å². The van der Waals surface area contributed by atoms with E-state index in [1.165, 1.54) is 18.5 Å². The highest BCUT2D eigenvalue weighted by molar-refractivity contribution is 5.58. The van der Waals surface area contributed by atoms with Crippen LogP contribution in [-0.4, -0.2) is 55.4 Å². The third-order valence-corrected chi connectivity index (χ3v) is 4.85. The molecule has 0 bridgehead atoms. The number of piperazine rings is 1. The number of para-hydroxylation sites is 2. The zero-order valence-electron chi connectivity index (χ0n) is 12.9. The van der Waals surface area contributed by atoms with E-state index < -0.39 is 5.60 Å². The number of anilines is 1. The second-order valence-electron chi connectivity index (χ2n) is 6.37. The molecule has 2 aliphatic rings. The standard InChI is InChI=1S/C17H26N2O2/c1-21-16-7-3-2-6-15(16)19-12-10-18(11-13-19)14-17(20)8-4-5-9-17/h2-3,6-7,20H,4-5,8-14H2,1H3. The van der Waals surface area contributed by atoms with Crippen LogP contribution < -0.4 is 9.64 Å². The van der Waals surface area contributed by atoms with E-state index in [0.29, 0.717) is 0 Å². The summed E-state index contributed by atoms with van der Waals surface area (Å²) in [4.78, 5) is 4.80. The highest BCUT2D eigenvalue weighted by Crippen LogP contribution is 2.32. The van der Waals surface area contributed by atoms with Crippen molar-refractivity contribution in [3.8, 4) is 5.75 Å². The van der Waals surface area contributed by atoms with Crippen molar-refractivity contribution in [2.24, 2.45) is 0 Å². The van der Waals surface area contributed by atoms with E-state index in [-0.39, 0.29) is 0 Å². The third-order valence-electron chi connectivity index (χ3n) is 4.85. The maximum Gasteiger partial charge on any atom is 0.142 e. The molecule has 1 N–H and O–H groups in total. The topological polar surface area (TPSA) is 35.9 Å². The van der Waals surface area contributed by atoms with Crippen molar-refractivity contribution in [1.29, 1.82) is 0 Å². The molecule has 1 saturated carbocycles. The summed E-state index contributed by atoms with van der Waals surface area (Å²) < 4.78 is 5.45. The quantitative estimate of drug-likeness (QED) is 0.921. The van der Waals surface area contributed by atoms with Gasteiger partial charge in [0, 0.05) is 32.7 Å². The van der Waals surface area contributed by atoms with Crippen LogP contribution in [0.3, 0.4) is 0 Å². The first-order valence-corrected chi connectivity index (χ1v) is 8.03. The maximum absolute atomic E-state index is 10.5. The normalized spacial score (nSPS) is 22.5. The van der Waals surface area contributed by atoms with Crippen molar-refractivity contribution >= 4 is 5.69 Å². The molecule has 1 saturated heterocycles. The van der Waals surface area contributed by atoms with Crippen LogP contribution in [0.15, 0.2) is 24.3 Å². The molecular weight excluding hydrogens is 264 g/mol. The highest BCUT2D eigenvalue weighted by atomic mass is 16.5. The van der Waals surface area contributed by atoms with Crippen molar-refractivity contribution in [2.75, 3.05) is 44.7 Å². The van der Waals surface area contributed by atoms with Crippen molar-refractivity contribution in [1.82, 2.24) is 4.90 Å². The number of benzene rings is 1. The lowest BCUT2D eigenvalue weighted by atomic mass is 10.0. The van der Waals surface area contributed by atoms with Gasteiger partial charge in [-0.2, -0.15) is 0 Å². The summed E-state index contributed by atoms with van der Waals surface area (Å²) in [5.41, 5.74) is 0.756. The number of hydrogen-bond donors (Lipinski definition) is 1. The molecule has 1 aromatic carbocycles. The first-order valence-electron chi connectivity index (χ1n) is 8.03. The van der Waals surface area contributed by atoms with Crippen LogP contribution in [0.4, 0.5) is 5.69 Å². The van der Waals surface area contributed by atoms with Gasteiger partial charge in [-0.25, -0.2) is 0 Å². The molecule has 0 unspecified atom stereocenters. The number of aliphatic hydroxyl groups is 1. The van der Waals surface area contributed by atoms with Gasteiger partial charge in [-0.15, -0.1) is 0 Å². The van der Waals surface area contributed by atoms with Gasteiger partial charge in [-0.1, -0.05) is 25.0 Å². The molecule has 0 atom stereocenters. The Morgan fingerprint density at radius 1 is 1.10 bits per heavy atom. The average Bonchev–Trinajstić information content (AvgIpc) is 2.94. The van der Waals surface area contributed by atoms with Crippen LogP contribution in [-0.2, 0) is 0 Å². The summed E-state index contributed by atoms with van der Waals surface area (Å²) in [6.45, 7) is 4.86. The van der Waals surface area contributed by atoms with E-state index in [4.69, 9.17) is 4.74 Å². The van der Waals surface area contributed by atoms with Crippen LogP contribution in [0.5, 0.6) is 5.75 Å². The molecule has 1 aliphatic heterocycles. The van der Waals surface area contributed by atoms with Crippen molar-refractivity contribution < 1.29 is 9.84 Å². The zero-order chi connectivity index (χ0) is 14.7. The Labute approximate surface area is 127 Å². The molecule has 3 rings (SSSR count). The fourth-order valence-electron chi connectivity index (χ4n) is 3.65. The van der Waals surface area contributed by atoms with Crippen molar-refractivity contribution in [2.45, 2.75) is 31.3 Å². The maximum atomic E-state index is 10.5. The van der Waals surface area contributed by atoms with Gasteiger partial charge >= 0.3 is 0 Å². The summed E-state index contributed by atoms with van der Waals surface area (Å²) >= 11 is 0. The molecule has 116 valence electrons. The molecule has 4 nitrogen and oxygen atoms in total. The van der Waals surface area contributed by atoms with Crippen LogP contribution in [0.2, 0.25) is 0 Å². The Morgan fingerprint density at radius 3 is 2.43 bits per heavy atom. The fraction of sp³-hybridized carbons (Fsp3) is 0.647. The summed E-state index contributed by atoms with van der Waals surface area (Å²) in [5, 5.41) is 10.5. The molecular formula is C17H26N2O2. The Bertz CT molecular complexity index is 464. The first kappa shape index (κ1) is 14.7. The van der Waals surface area contributed by atoms with Crippen molar-refractivity contribution in [3.63, 3.8) is 0 Å². The number of hydrogen-bond acceptors (Lipinski definition) is 4. The van der Waals surface area contributed by atoms with E-state index in [1.54, 1.807) is 7.11 Å². The van der Waals surface area contributed by atoms with E-state index in [1.807, 2.05) is 12.1 Å². The predicted molar refractivity (Wildman–Crippen MR) is 85.1 cm³/mol. The summed E-state index contributed by atoms with van der Waals surface area (Å²) in [5.74, 6) is 0.945. The highest BCUT2D eigenvalue weighted by Gasteiger charge is 2.34. The lowest BCUT2D eigenvalue weighted by Crippen LogP contribution is -2.51. The summed E-state index contributed by atoms with van der Waals surface area (Å²) in [6.07, 6.45) is 4.30. The Kier molecular flexibility index (Phi) is 4.36. The average molecular weight is 290 g/mol. The number of ether oxygens (including phenoxy) is 1. The molecule has 2 fully saturated rings. The second kappa shape index (κ2) is 6.24. The van der Waals surface area contributed by atoms with Gasteiger partial charge in [0.15, 0.2) is 0 Å². The monoisotopic (exact) mass is 290 g/mol. The number of β-amino-alcohol motifs (C(OH)–C–C–N with tert-alkyl or cyclic N) is 1. The van der Waals surface area contributed by atoms with Gasteiger partial charge in [-0.3, -0.25) is 4.90 Å². The fourth-order valence-corrected chi connectivity index (χ4v) is 3.65. The second-order valence-corrected chi connectivity index (χ2v) is 6.37. The minimum atomic E-state index is -0.424. The van der Waals surface area contributed by atoms with Crippen LogP contribution in [0.25, 0.3) is 0 Å². The van der Waals surface area contributed by atoms with Gasteiger partial charge in [0.1, 0.15) is 5.75 Å². The summed E-state index contributed by atoms with van der Waals surface area (Å²) in [7, 11) is 1.73. The number of nitrogens with zero attached hydrogens (tertiary/aromatic N) is 2. The molecule has 0 aromatic heterocycles. The Hall–Kier alpha value is -1.26. The molecule has 4 heteroatoms. The third kappa shape index (κ3) is 3.33. The Morgan fingerprint density at radius 2 is 1.76 bits per heavy atom. The van der Waals surface area contributed by atoms with Gasteiger partial charge in [-0.05, 0) is 25.0 Å². The SMILES string of the molecule is COc1ccccc1N1CCN(CC2(O)CCCC2)CC1. The van der Waals surface area contributed by atoms with E-state index in [2.05, 4.69) is 21.9 Å².